The van der Waals surface area contributed by atoms with Gasteiger partial charge in [0.25, 0.3) is 0 Å². The van der Waals surface area contributed by atoms with Crippen LogP contribution in [0.3, 0.4) is 0 Å². The molecule has 0 bridgehead atoms. The number of nitrogens with zero attached hydrogens (tertiary/aromatic N) is 2. The van der Waals surface area contributed by atoms with E-state index in [1.807, 2.05) is 10.9 Å². The molecular formula is C21H23N3O. The monoisotopic (exact) mass is 333 g/mol. The molecule has 1 aromatic heterocycles. The predicted octanol–water partition coefficient (Wildman–Crippen LogP) is 4.60. The van der Waals surface area contributed by atoms with E-state index in [0.29, 0.717) is 6.54 Å². The maximum atomic E-state index is 12.4. The van der Waals surface area contributed by atoms with Crippen LogP contribution in [0, 0.1) is 5.92 Å². The molecule has 0 unspecified atom stereocenters. The van der Waals surface area contributed by atoms with Crippen molar-refractivity contribution in [2.75, 3.05) is 5.32 Å². The summed E-state index contributed by atoms with van der Waals surface area (Å²) in [6.07, 6.45) is 9.27. The number of amides is 1. The van der Waals surface area contributed by atoms with E-state index in [-0.39, 0.29) is 11.8 Å². The summed E-state index contributed by atoms with van der Waals surface area (Å²) in [6, 6.07) is 14.7. The lowest BCUT2D eigenvalue weighted by Crippen LogP contribution is -2.24. The largest absolute Gasteiger partial charge is 0.323 e. The molecule has 1 heterocycles. The SMILES string of the molecule is O=C(Nc1cnn(Cc2cccc3ccccc23)c1)C1CCCCC1. The third kappa shape index (κ3) is 3.58. The van der Waals surface area contributed by atoms with Crippen molar-refractivity contribution < 1.29 is 4.79 Å². The van der Waals surface area contributed by atoms with Crippen LogP contribution in [0.4, 0.5) is 5.69 Å². The van der Waals surface area contributed by atoms with Crippen LogP contribution in [0.15, 0.2) is 54.9 Å². The molecule has 0 radical (unpaired) electrons. The average Bonchev–Trinajstić information content (AvgIpc) is 3.09. The zero-order valence-electron chi connectivity index (χ0n) is 14.3. The summed E-state index contributed by atoms with van der Waals surface area (Å²) in [5.74, 6) is 0.305. The van der Waals surface area contributed by atoms with Crippen LogP contribution in [0.25, 0.3) is 10.8 Å². The van der Waals surface area contributed by atoms with E-state index in [2.05, 4.69) is 52.9 Å². The molecule has 1 aliphatic carbocycles. The summed E-state index contributed by atoms with van der Waals surface area (Å²) in [4.78, 5) is 12.4. The van der Waals surface area contributed by atoms with Gasteiger partial charge in [0, 0.05) is 12.1 Å². The molecule has 128 valence electrons. The van der Waals surface area contributed by atoms with E-state index in [1.54, 1.807) is 6.20 Å². The minimum Gasteiger partial charge on any atom is -0.323 e. The quantitative estimate of drug-likeness (QED) is 0.758. The normalized spacial score (nSPS) is 15.4. The van der Waals surface area contributed by atoms with Crippen LogP contribution in [0.1, 0.15) is 37.7 Å². The third-order valence-electron chi connectivity index (χ3n) is 5.09. The Morgan fingerprint density at radius 1 is 1.08 bits per heavy atom. The molecular weight excluding hydrogens is 310 g/mol. The Hall–Kier alpha value is -2.62. The van der Waals surface area contributed by atoms with Crippen LogP contribution in [-0.4, -0.2) is 15.7 Å². The third-order valence-corrected chi connectivity index (χ3v) is 5.09. The molecule has 3 aromatic rings. The van der Waals surface area contributed by atoms with Gasteiger partial charge in [-0.2, -0.15) is 5.10 Å². The van der Waals surface area contributed by atoms with Gasteiger partial charge in [-0.1, -0.05) is 61.7 Å². The maximum absolute atomic E-state index is 12.4. The van der Waals surface area contributed by atoms with Gasteiger partial charge in [0.15, 0.2) is 0 Å². The summed E-state index contributed by atoms with van der Waals surface area (Å²) in [6.45, 7) is 0.695. The molecule has 1 saturated carbocycles. The number of nitrogens with one attached hydrogen (secondary N) is 1. The number of carbonyl (C=O) groups excluding carboxylic acids is 1. The van der Waals surface area contributed by atoms with Crippen molar-refractivity contribution in [2.24, 2.45) is 5.92 Å². The molecule has 4 nitrogen and oxygen atoms in total. The van der Waals surface area contributed by atoms with Crippen molar-refractivity contribution in [3.63, 3.8) is 0 Å². The van der Waals surface area contributed by atoms with Gasteiger partial charge in [-0.15, -0.1) is 0 Å². The number of rotatable bonds is 4. The number of hydrogen-bond acceptors (Lipinski definition) is 2. The van der Waals surface area contributed by atoms with Crippen LogP contribution in [0.5, 0.6) is 0 Å². The smallest absolute Gasteiger partial charge is 0.227 e. The van der Waals surface area contributed by atoms with E-state index in [9.17, 15) is 4.79 Å². The second kappa shape index (κ2) is 7.09. The first-order valence-corrected chi connectivity index (χ1v) is 9.09. The Morgan fingerprint density at radius 3 is 2.76 bits per heavy atom. The van der Waals surface area contributed by atoms with Crippen molar-refractivity contribution in [2.45, 2.75) is 38.6 Å². The van der Waals surface area contributed by atoms with E-state index in [0.717, 1.165) is 18.5 Å². The van der Waals surface area contributed by atoms with Crippen LogP contribution in [-0.2, 0) is 11.3 Å². The lowest BCUT2D eigenvalue weighted by molar-refractivity contribution is -0.120. The fraction of sp³-hybridized carbons (Fsp3) is 0.333. The molecule has 0 atom stereocenters. The molecule has 1 fully saturated rings. The van der Waals surface area contributed by atoms with Gasteiger partial charge in [0.1, 0.15) is 0 Å². The molecule has 1 N–H and O–H groups in total. The zero-order chi connectivity index (χ0) is 17.1. The van der Waals surface area contributed by atoms with E-state index in [1.165, 1.54) is 35.6 Å². The summed E-state index contributed by atoms with van der Waals surface area (Å²) in [7, 11) is 0. The van der Waals surface area contributed by atoms with Crippen molar-refractivity contribution in [3.05, 3.63) is 60.4 Å². The van der Waals surface area contributed by atoms with Gasteiger partial charge in [-0.3, -0.25) is 9.48 Å². The summed E-state index contributed by atoms with van der Waals surface area (Å²) in [5, 5.41) is 9.93. The van der Waals surface area contributed by atoms with Gasteiger partial charge in [-0.05, 0) is 29.2 Å². The lowest BCUT2D eigenvalue weighted by atomic mass is 9.89. The summed E-state index contributed by atoms with van der Waals surface area (Å²) >= 11 is 0. The van der Waals surface area contributed by atoms with E-state index < -0.39 is 0 Å². The fourth-order valence-electron chi connectivity index (χ4n) is 3.73. The molecule has 1 amide bonds. The van der Waals surface area contributed by atoms with Gasteiger partial charge >= 0.3 is 0 Å². The molecule has 0 aliphatic heterocycles. The number of fused-ring (bicyclic) bond motifs is 1. The molecule has 25 heavy (non-hydrogen) atoms. The highest BCUT2D eigenvalue weighted by atomic mass is 16.1. The van der Waals surface area contributed by atoms with Gasteiger partial charge in [0.2, 0.25) is 5.91 Å². The van der Waals surface area contributed by atoms with Gasteiger partial charge in [-0.25, -0.2) is 0 Å². The minimum absolute atomic E-state index is 0.143. The van der Waals surface area contributed by atoms with Crippen molar-refractivity contribution in [1.82, 2.24) is 9.78 Å². The molecule has 0 spiro atoms. The van der Waals surface area contributed by atoms with Crippen molar-refractivity contribution in [3.8, 4) is 0 Å². The number of benzene rings is 2. The topological polar surface area (TPSA) is 46.9 Å². The molecule has 4 heteroatoms. The number of aromatic nitrogens is 2. The Balaban J connectivity index is 1.46. The van der Waals surface area contributed by atoms with Crippen molar-refractivity contribution in [1.29, 1.82) is 0 Å². The number of hydrogen-bond donors (Lipinski definition) is 1. The first kappa shape index (κ1) is 15.9. The molecule has 1 aliphatic rings. The molecule has 4 rings (SSSR count). The number of carbonyl (C=O) groups is 1. The first-order valence-electron chi connectivity index (χ1n) is 9.09. The predicted molar refractivity (Wildman–Crippen MR) is 100 cm³/mol. The Labute approximate surface area is 147 Å². The fourth-order valence-corrected chi connectivity index (χ4v) is 3.73. The lowest BCUT2D eigenvalue weighted by Gasteiger charge is -2.20. The Morgan fingerprint density at radius 2 is 1.88 bits per heavy atom. The Kier molecular flexibility index (Phi) is 4.51. The first-order chi connectivity index (χ1) is 12.3. The molecule has 0 saturated heterocycles. The zero-order valence-corrected chi connectivity index (χ0v) is 14.3. The highest BCUT2D eigenvalue weighted by Crippen LogP contribution is 2.25. The summed E-state index contributed by atoms with van der Waals surface area (Å²) < 4.78 is 1.89. The summed E-state index contributed by atoms with van der Waals surface area (Å²) in [5.41, 5.74) is 2.02. The minimum atomic E-state index is 0.143. The standard InChI is InChI=1S/C21H23N3O/c25-21(17-8-2-1-3-9-17)23-19-13-22-24(15-19)14-18-11-6-10-16-7-4-5-12-20(16)18/h4-7,10-13,15,17H,1-3,8-9,14H2,(H,23,25). The van der Waals surface area contributed by atoms with Crippen LogP contribution < -0.4 is 5.32 Å². The van der Waals surface area contributed by atoms with Crippen LogP contribution in [0.2, 0.25) is 0 Å². The van der Waals surface area contributed by atoms with Crippen LogP contribution >= 0.6 is 0 Å². The van der Waals surface area contributed by atoms with Crippen molar-refractivity contribution >= 4 is 22.4 Å². The average molecular weight is 333 g/mol. The second-order valence-electron chi connectivity index (χ2n) is 6.89. The highest BCUT2D eigenvalue weighted by molar-refractivity contribution is 5.92. The molecule has 2 aromatic carbocycles. The van der Waals surface area contributed by atoms with E-state index in [4.69, 9.17) is 0 Å². The highest BCUT2D eigenvalue weighted by Gasteiger charge is 2.21. The maximum Gasteiger partial charge on any atom is 0.227 e. The van der Waals surface area contributed by atoms with Gasteiger partial charge < -0.3 is 5.32 Å². The second-order valence-corrected chi connectivity index (χ2v) is 6.89. The van der Waals surface area contributed by atoms with Gasteiger partial charge in [0.05, 0.1) is 18.4 Å². The van der Waals surface area contributed by atoms with E-state index >= 15 is 0 Å². The number of anilines is 1. The Bertz CT molecular complexity index is 872.